The molecule has 1 nitrogen and oxygen atoms in total. The first-order valence-electron chi connectivity index (χ1n) is 8.13. The summed E-state index contributed by atoms with van der Waals surface area (Å²) in [4.78, 5) is 0. The second-order valence-corrected chi connectivity index (χ2v) is 6.42. The predicted octanol–water partition coefficient (Wildman–Crippen LogP) is 5.23. The first-order chi connectivity index (χ1) is 10.6. The van der Waals surface area contributed by atoms with E-state index in [1.165, 1.54) is 17.7 Å². The number of halogens is 1. The summed E-state index contributed by atoms with van der Waals surface area (Å²) in [5.41, 5.74) is 3.55. The Hall–Kier alpha value is -1.67. The van der Waals surface area contributed by atoms with Crippen molar-refractivity contribution in [2.24, 2.45) is 5.92 Å². The van der Waals surface area contributed by atoms with Gasteiger partial charge in [0.15, 0.2) is 0 Å². The Balaban J connectivity index is 1.92. The molecule has 0 aromatic heterocycles. The Morgan fingerprint density at radius 2 is 1.41 bits per heavy atom. The maximum Gasteiger partial charge on any atom is 0.123 e. The largest absolute Gasteiger partial charge is 0.316 e. The molecule has 118 valence electrons. The fourth-order valence-electron chi connectivity index (χ4n) is 2.52. The molecular formula is C20H26FN. The van der Waals surface area contributed by atoms with Crippen LogP contribution in [0.15, 0.2) is 48.5 Å². The van der Waals surface area contributed by atoms with Crippen LogP contribution < -0.4 is 5.32 Å². The van der Waals surface area contributed by atoms with Gasteiger partial charge in [-0.15, -0.1) is 0 Å². The average Bonchev–Trinajstić information content (AvgIpc) is 2.52. The molecule has 0 heterocycles. The molecule has 2 heteroatoms. The van der Waals surface area contributed by atoms with Crippen LogP contribution in [0.5, 0.6) is 0 Å². The molecule has 2 aromatic carbocycles. The summed E-state index contributed by atoms with van der Waals surface area (Å²) < 4.78 is 13.0. The zero-order valence-corrected chi connectivity index (χ0v) is 13.8. The molecule has 22 heavy (non-hydrogen) atoms. The number of hydrogen-bond acceptors (Lipinski definition) is 1. The summed E-state index contributed by atoms with van der Waals surface area (Å²) in [6.07, 6.45) is 1.14. The lowest BCUT2D eigenvalue weighted by Gasteiger charge is -2.14. The van der Waals surface area contributed by atoms with Gasteiger partial charge in [0.05, 0.1) is 0 Å². The third-order valence-corrected chi connectivity index (χ3v) is 3.96. The molecule has 0 saturated heterocycles. The Morgan fingerprint density at radius 3 is 1.95 bits per heavy atom. The molecule has 0 spiro atoms. The van der Waals surface area contributed by atoms with E-state index in [4.69, 9.17) is 0 Å². The molecule has 0 bridgehead atoms. The minimum absolute atomic E-state index is 0.192. The van der Waals surface area contributed by atoms with E-state index in [0.717, 1.165) is 30.6 Å². The molecule has 1 N–H and O–H groups in total. The van der Waals surface area contributed by atoms with Crippen LogP contribution in [0, 0.1) is 11.7 Å². The molecule has 0 amide bonds. The molecule has 2 rings (SSSR count). The van der Waals surface area contributed by atoms with Gasteiger partial charge < -0.3 is 5.32 Å². The SMILES string of the molecule is CC(C)CNCCC(C)c1ccc(-c2ccc(F)cc2)cc1. The molecule has 0 radical (unpaired) electrons. The van der Waals surface area contributed by atoms with Crippen molar-refractivity contribution in [2.45, 2.75) is 33.1 Å². The molecule has 2 aromatic rings. The van der Waals surface area contributed by atoms with Gasteiger partial charge in [0.2, 0.25) is 0 Å². The van der Waals surface area contributed by atoms with Gasteiger partial charge in [-0.25, -0.2) is 4.39 Å². The van der Waals surface area contributed by atoms with Crippen LogP contribution in [0.4, 0.5) is 4.39 Å². The van der Waals surface area contributed by atoms with Crippen LogP contribution in [-0.4, -0.2) is 13.1 Å². The van der Waals surface area contributed by atoms with E-state index >= 15 is 0 Å². The van der Waals surface area contributed by atoms with E-state index in [2.05, 4.69) is 50.4 Å². The highest BCUT2D eigenvalue weighted by Crippen LogP contribution is 2.24. The summed E-state index contributed by atoms with van der Waals surface area (Å²) >= 11 is 0. The van der Waals surface area contributed by atoms with Gasteiger partial charge in [-0.3, -0.25) is 0 Å². The van der Waals surface area contributed by atoms with Crippen LogP contribution in [0.1, 0.15) is 38.7 Å². The summed E-state index contributed by atoms with van der Waals surface area (Å²) in [5, 5.41) is 3.49. The molecule has 0 aliphatic carbocycles. The van der Waals surface area contributed by atoms with Gasteiger partial charge in [-0.2, -0.15) is 0 Å². The fourth-order valence-corrected chi connectivity index (χ4v) is 2.52. The minimum Gasteiger partial charge on any atom is -0.316 e. The first kappa shape index (κ1) is 16.7. The van der Waals surface area contributed by atoms with Crippen LogP contribution in [0.3, 0.4) is 0 Å². The fraction of sp³-hybridized carbons (Fsp3) is 0.400. The van der Waals surface area contributed by atoms with Crippen LogP contribution in [0.25, 0.3) is 11.1 Å². The minimum atomic E-state index is -0.192. The quantitative estimate of drug-likeness (QED) is 0.690. The van der Waals surface area contributed by atoms with Crippen molar-refractivity contribution in [1.29, 1.82) is 0 Å². The normalized spacial score (nSPS) is 12.6. The molecule has 0 aliphatic rings. The number of benzene rings is 2. The van der Waals surface area contributed by atoms with Crippen LogP contribution >= 0.6 is 0 Å². The van der Waals surface area contributed by atoms with Crippen molar-refractivity contribution >= 4 is 0 Å². The summed E-state index contributed by atoms with van der Waals surface area (Å²) in [6.45, 7) is 8.86. The van der Waals surface area contributed by atoms with Gasteiger partial charge in [0.25, 0.3) is 0 Å². The Bertz CT molecular complexity index is 557. The molecule has 1 unspecified atom stereocenters. The Labute approximate surface area is 133 Å². The van der Waals surface area contributed by atoms with E-state index in [9.17, 15) is 4.39 Å². The van der Waals surface area contributed by atoms with Gasteiger partial charge in [-0.05, 0) is 60.2 Å². The topological polar surface area (TPSA) is 12.0 Å². The van der Waals surface area contributed by atoms with E-state index in [1.807, 2.05) is 12.1 Å². The number of nitrogens with one attached hydrogen (secondary N) is 1. The van der Waals surface area contributed by atoms with E-state index in [0.29, 0.717) is 11.8 Å². The zero-order valence-electron chi connectivity index (χ0n) is 13.8. The summed E-state index contributed by atoms with van der Waals surface area (Å²) in [5.74, 6) is 1.05. The lowest BCUT2D eigenvalue weighted by atomic mass is 9.95. The van der Waals surface area contributed by atoms with Crippen molar-refractivity contribution in [3.8, 4) is 11.1 Å². The third-order valence-electron chi connectivity index (χ3n) is 3.96. The molecule has 0 fully saturated rings. The summed E-state index contributed by atoms with van der Waals surface area (Å²) in [6, 6.07) is 15.3. The standard InChI is InChI=1S/C20H26FN/c1-15(2)14-22-13-12-16(3)17-4-6-18(7-5-17)19-8-10-20(21)11-9-19/h4-11,15-16,22H,12-14H2,1-3H3. The van der Waals surface area contributed by atoms with Crippen molar-refractivity contribution in [2.75, 3.05) is 13.1 Å². The second kappa shape index (κ2) is 8.09. The lowest BCUT2D eigenvalue weighted by Crippen LogP contribution is -2.21. The maximum absolute atomic E-state index is 13.0. The van der Waals surface area contributed by atoms with Gasteiger partial charge in [0, 0.05) is 0 Å². The lowest BCUT2D eigenvalue weighted by molar-refractivity contribution is 0.525. The van der Waals surface area contributed by atoms with Gasteiger partial charge in [0.1, 0.15) is 5.82 Å². The van der Waals surface area contributed by atoms with E-state index in [-0.39, 0.29) is 5.82 Å². The van der Waals surface area contributed by atoms with Crippen molar-refractivity contribution < 1.29 is 4.39 Å². The predicted molar refractivity (Wildman–Crippen MR) is 92.6 cm³/mol. The Morgan fingerprint density at radius 1 is 0.864 bits per heavy atom. The average molecular weight is 299 g/mol. The van der Waals surface area contributed by atoms with E-state index in [1.54, 1.807) is 0 Å². The highest BCUT2D eigenvalue weighted by atomic mass is 19.1. The molecule has 0 aliphatic heterocycles. The van der Waals surface area contributed by atoms with Crippen molar-refractivity contribution in [3.05, 3.63) is 59.9 Å². The number of rotatable bonds is 7. The number of hydrogen-bond donors (Lipinski definition) is 1. The second-order valence-electron chi connectivity index (χ2n) is 6.42. The molecular weight excluding hydrogens is 273 g/mol. The first-order valence-corrected chi connectivity index (χ1v) is 8.13. The van der Waals surface area contributed by atoms with Crippen molar-refractivity contribution in [3.63, 3.8) is 0 Å². The highest BCUT2D eigenvalue weighted by Gasteiger charge is 2.06. The monoisotopic (exact) mass is 299 g/mol. The van der Waals surface area contributed by atoms with Crippen molar-refractivity contribution in [1.82, 2.24) is 5.32 Å². The van der Waals surface area contributed by atoms with Gasteiger partial charge in [-0.1, -0.05) is 57.2 Å². The maximum atomic E-state index is 13.0. The third kappa shape index (κ3) is 4.96. The molecule has 1 atom stereocenters. The Kier molecular flexibility index (Phi) is 6.14. The van der Waals surface area contributed by atoms with E-state index < -0.39 is 0 Å². The summed E-state index contributed by atoms with van der Waals surface area (Å²) in [7, 11) is 0. The van der Waals surface area contributed by atoms with Crippen LogP contribution in [-0.2, 0) is 0 Å². The highest BCUT2D eigenvalue weighted by molar-refractivity contribution is 5.63. The smallest absolute Gasteiger partial charge is 0.123 e. The molecule has 0 saturated carbocycles. The van der Waals surface area contributed by atoms with Gasteiger partial charge >= 0.3 is 0 Å². The zero-order chi connectivity index (χ0) is 15.9. The van der Waals surface area contributed by atoms with Crippen LogP contribution in [0.2, 0.25) is 0 Å².